The van der Waals surface area contributed by atoms with Gasteiger partial charge in [-0.05, 0) is 77.0 Å². The zero-order valence-electron chi connectivity index (χ0n) is 35.5. The van der Waals surface area contributed by atoms with Crippen molar-refractivity contribution in [3.8, 4) is 0 Å². The monoisotopic (exact) mass is 755 g/mol. The lowest BCUT2D eigenvalue weighted by molar-refractivity contribution is -0.161. The van der Waals surface area contributed by atoms with Crippen LogP contribution in [0.5, 0.6) is 0 Å². The van der Waals surface area contributed by atoms with E-state index in [-0.39, 0.29) is 25.2 Å². The number of esters is 2. The highest BCUT2D eigenvalue weighted by molar-refractivity contribution is 5.70. The molecule has 0 radical (unpaired) electrons. The van der Waals surface area contributed by atoms with Gasteiger partial charge in [-0.3, -0.25) is 9.59 Å². The average Bonchev–Trinajstić information content (AvgIpc) is 3.17. The van der Waals surface area contributed by atoms with E-state index in [1.165, 1.54) is 122 Å². The maximum absolute atomic E-state index is 12.2. The Labute approximate surface area is 334 Å². The molecule has 5 heteroatoms. The van der Waals surface area contributed by atoms with Crippen molar-refractivity contribution in [2.45, 2.75) is 225 Å². The first-order valence-electron chi connectivity index (χ1n) is 22.8. The molecule has 0 aromatic rings. The number of ether oxygens (including phenoxy) is 2. The Morgan fingerprint density at radius 1 is 0.444 bits per heavy atom. The van der Waals surface area contributed by atoms with Crippen molar-refractivity contribution in [2.24, 2.45) is 0 Å². The molecular formula is C49H86O5. The number of carbonyl (C=O) groups excluding carboxylic acids is 2. The van der Waals surface area contributed by atoms with Gasteiger partial charge in [0.2, 0.25) is 0 Å². The molecule has 54 heavy (non-hydrogen) atoms. The lowest BCUT2D eigenvalue weighted by Gasteiger charge is -2.15. The fraction of sp³-hybridized carbons (Fsp3) is 0.755. The van der Waals surface area contributed by atoms with Crippen LogP contribution in [0.25, 0.3) is 0 Å². The van der Waals surface area contributed by atoms with Crippen LogP contribution in [0.4, 0.5) is 0 Å². The van der Waals surface area contributed by atoms with Gasteiger partial charge in [-0.25, -0.2) is 0 Å². The molecule has 0 fully saturated rings. The molecule has 312 valence electrons. The van der Waals surface area contributed by atoms with E-state index in [9.17, 15) is 14.7 Å². The van der Waals surface area contributed by atoms with Crippen molar-refractivity contribution in [3.05, 3.63) is 60.8 Å². The Bertz CT molecular complexity index is 946. The van der Waals surface area contributed by atoms with Gasteiger partial charge in [0, 0.05) is 12.8 Å². The average molecular weight is 755 g/mol. The number of carbonyl (C=O) groups is 2. The normalized spacial score (nSPS) is 12.7. The second kappa shape index (κ2) is 45.0. The second-order valence-electron chi connectivity index (χ2n) is 15.1. The summed E-state index contributed by atoms with van der Waals surface area (Å²) in [6.07, 6.45) is 58.8. The summed E-state index contributed by atoms with van der Waals surface area (Å²) in [7, 11) is 0. The summed E-state index contributed by atoms with van der Waals surface area (Å²) < 4.78 is 10.6. The van der Waals surface area contributed by atoms with E-state index >= 15 is 0 Å². The van der Waals surface area contributed by atoms with E-state index in [4.69, 9.17) is 9.47 Å². The van der Waals surface area contributed by atoms with Gasteiger partial charge in [-0.15, -0.1) is 0 Å². The minimum atomic E-state index is -0.787. The maximum atomic E-state index is 12.2. The van der Waals surface area contributed by atoms with Crippen molar-refractivity contribution < 1.29 is 24.2 Å². The number of hydrogen-bond donors (Lipinski definition) is 1. The molecule has 0 bridgehead atoms. The third kappa shape index (κ3) is 42.3. The quantitative estimate of drug-likeness (QED) is 0.0382. The highest BCUT2D eigenvalue weighted by Gasteiger charge is 2.16. The van der Waals surface area contributed by atoms with Gasteiger partial charge in [0.05, 0.1) is 6.61 Å². The molecule has 0 aromatic carbocycles. The lowest BCUT2D eigenvalue weighted by Crippen LogP contribution is -2.28. The Kier molecular flexibility index (Phi) is 43.0. The third-order valence-electron chi connectivity index (χ3n) is 9.80. The highest BCUT2D eigenvalue weighted by atomic mass is 16.6. The molecule has 0 heterocycles. The molecule has 0 aliphatic rings. The van der Waals surface area contributed by atoms with Crippen LogP contribution in [0, 0.1) is 0 Å². The van der Waals surface area contributed by atoms with Crippen LogP contribution in [0.15, 0.2) is 60.8 Å². The largest absolute Gasteiger partial charge is 0.462 e. The molecule has 0 aliphatic heterocycles. The first-order valence-corrected chi connectivity index (χ1v) is 22.8. The minimum Gasteiger partial charge on any atom is -0.462 e. The number of allylic oxidation sites excluding steroid dienone is 10. The van der Waals surface area contributed by atoms with Crippen LogP contribution in [0.1, 0.15) is 219 Å². The van der Waals surface area contributed by atoms with Gasteiger partial charge >= 0.3 is 11.9 Å². The fourth-order valence-electron chi connectivity index (χ4n) is 6.36. The van der Waals surface area contributed by atoms with Crippen LogP contribution in [0.3, 0.4) is 0 Å². The van der Waals surface area contributed by atoms with Crippen LogP contribution >= 0.6 is 0 Å². The Morgan fingerprint density at radius 2 is 0.796 bits per heavy atom. The van der Waals surface area contributed by atoms with Crippen LogP contribution < -0.4 is 0 Å². The Balaban J connectivity index is 3.49. The van der Waals surface area contributed by atoms with Crippen molar-refractivity contribution in [1.29, 1.82) is 0 Å². The van der Waals surface area contributed by atoms with Gasteiger partial charge < -0.3 is 14.6 Å². The van der Waals surface area contributed by atoms with Crippen LogP contribution in [-0.4, -0.2) is 36.4 Å². The summed E-state index contributed by atoms with van der Waals surface area (Å²) in [5.74, 6) is -0.624. The highest BCUT2D eigenvalue weighted by Crippen LogP contribution is 2.15. The van der Waals surface area contributed by atoms with Crippen LogP contribution in [0.2, 0.25) is 0 Å². The van der Waals surface area contributed by atoms with Gasteiger partial charge in [-0.1, -0.05) is 190 Å². The number of aliphatic hydroxyl groups excluding tert-OH is 1. The summed E-state index contributed by atoms with van der Waals surface area (Å²) >= 11 is 0. The summed E-state index contributed by atoms with van der Waals surface area (Å²) in [5.41, 5.74) is 0. The van der Waals surface area contributed by atoms with Crippen molar-refractivity contribution in [1.82, 2.24) is 0 Å². The Morgan fingerprint density at radius 3 is 1.22 bits per heavy atom. The number of unbranched alkanes of at least 4 members (excludes halogenated alkanes) is 23. The van der Waals surface area contributed by atoms with Gasteiger partial charge in [-0.2, -0.15) is 0 Å². The van der Waals surface area contributed by atoms with E-state index in [2.05, 4.69) is 74.6 Å². The number of rotatable bonds is 41. The third-order valence-corrected chi connectivity index (χ3v) is 9.80. The summed E-state index contributed by atoms with van der Waals surface area (Å²) in [6, 6.07) is 0. The van der Waals surface area contributed by atoms with Crippen molar-refractivity contribution in [2.75, 3.05) is 13.2 Å². The smallest absolute Gasteiger partial charge is 0.306 e. The molecule has 0 amide bonds. The first-order chi connectivity index (χ1) is 26.6. The van der Waals surface area contributed by atoms with Crippen molar-refractivity contribution >= 4 is 11.9 Å². The summed E-state index contributed by atoms with van der Waals surface area (Å²) in [4.78, 5) is 24.3. The molecule has 0 rings (SSSR count). The summed E-state index contributed by atoms with van der Waals surface area (Å²) in [6.45, 7) is 3.99. The van der Waals surface area contributed by atoms with E-state index in [0.29, 0.717) is 12.8 Å². The molecule has 5 nitrogen and oxygen atoms in total. The molecule has 1 N–H and O–H groups in total. The van der Waals surface area contributed by atoms with Crippen LogP contribution in [-0.2, 0) is 19.1 Å². The summed E-state index contributed by atoms with van der Waals surface area (Å²) in [5, 5.41) is 9.57. The van der Waals surface area contributed by atoms with E-state index in [1.54, 1.807) is 0 Å². The minimum absolute atomic E-state index is 0.0785. The predicted octanol–water partition coefficient (Wildman–Crippen LogP) is 14.7. The second-order valence-corrected chi connectivity index (χ2v) is 15.1. The molecule has 0 aromatic heterocycles. The molecule has 0 aliphatic carbocycles. The molecule has 0 saturated heterocycles. The van der Waals surface area contributed by atoms with Gasteiger partial charge in [0.25, 0.3) is 0 Å². The fourth-order valence-corrected chi connectivity index (χ4v) is 6.36. The lowest BCUT2D eigenvalue weighted by atomic mass is 10.0. The molecular weight excluding hydrogens is 669 g/mol. The van der Waals surface area contributed by atoms with E-state index in [1.807, 2.05) is 0 Å². The van der Waals surface area contributed by atoms with E-state index in [0.717, 1.165) is 70.6 Å². The SMILES string of the molecule is CC/C=C\C/C=C\C/C=C\CCCCCC(=O)OC(CO)COC(=O)CCCCCCCCCCCCCCCCC/C=C\C/C=C\CCCCCCC. The Hall–Kier alpha value is -2.40. The molecule has 0 saturated carbocycles. The zero-order valence-corrected chi connectivity index (χ0v) is 35.5. The zero-order chi connectivity index (χ0) is 39.3. The van der Waals surface area contributed by atoms with E-state index < -0.39 is 6.10 Å². The maximum Gasteiger partial charge on any atom is 0.306 e. The molecule has 0 spiro atoms. The van der Waals surface area contributed by atoms with Gasteiger partial charge in [0.15, 0.2) is 6.10 Å². The van der Waals surface area contributed by atoms with Crippen molar-refractivity contribution in [3.63, 3.8) is 0 Å². The number of aliphatic hydroxyl groups is 1. The predicted molar refractivity (Wildman–Crippen MR) is 233 cm³/mol. The first kappa shape index (κ1) is 51.6. The standard InChI is InChI=1S/C49H86O5/c1-3-5-7-9-11-13-15-17-18-19-20-21-22-23-24-25-26-27-28-29-30-32-33-35-37-39-41-43-48(51)53-46-47(45-50)54-49(52)44-42-40-38-36-34-31-16-14-12-10-8-6-4-2/h6,8,12,14-15,17,19-20,31,34,47,50H,3-5,7,9-11,13,16,18,21-30,32-33,35-46H2,1-2H3/b8-6-,14-12-,17-15-,20-19-,34-31-. The molecule has 1 unspecified atom stereocenters. The van der Waals surface area contributed by atoms with Gasteiger partial charge in [0.1, 0.15) is 6.61 Å². The molecule has 1 atom stereocenters. The topological polar surface area (TPSA) is 72.8 Å². The number of hydrogen-bond acceptors (Lipinski definition) is 5.